The molecule has 1 amide bonds. The Kier molecular flexibility index (Phi) is 10.2. The van der Waals surface area contributed by atoms with Crippen molar-refractivity contribution in [3.63, 3.8) is 0 Å². The van der Waals surface area contributed by atoms with E-state index in [1.54, 1.807) is 0 Å². The van der Waals surface area contributed by atoms with Gasteiger partial charge in [0.05, 0.1) is 0 Å². The number of amides is 1. The Balaban J connectivity index is 2.10. The number of carbonyl (C=O) groups excluding carboxylic acids is 2. The summed E-state index contributed by atoms with van der Waals surface area (Å²) >= 11 is 0. The minimum atomic E-state index is -0.580. The van der Waals surface area contributed by atoms with Crippen LogP contribution in [0.3, 0.4) is 0 Å². The second-order valence-corrected chi connectivity index (χ2v) is 8.40. The molecule has 30 heavy (non-hydrogen) atoms. The third kappa shape index (κ3) is 9.21. The number of nitrogens with one attached hydrogen (secondary N) is 4. The highest BCUT2D eigenvalue weighted by molar-refractivity contribution is 5.86. The lowest BCUT2D eigenvalue weighted by atomic mass is 10.0. The summed E-state index contributed by atoms with van der Waals surface area (Å²) in [6.45, 7) is 11.9. The molecule has 0 saturated carbocycles. The first-order chi connectivity index (χ1) is 14.4. The van der Waals surface area contributed by atoms with Gasteiger partial charge in [0.25, 0.3) is 0 Å². The molecular weight excluding hydrogens is 382 g/mol. The largest absolute Gasteiger partial charge is 0.459 e. The second-order valence-electron chi connectivity index (χ2n) is 8.40. The molecule has 8 nitrogen and oxygen atoms in total. The van der Waals surface area contributed by atoms with Gasteiger partial charge in [0, 0.05) is 52.4 Å². The summed E-state index contributed by atoms with van der Waals surface area (Å²) in [5, 5.41) is 13.0. The average Bonchev–Trinajstić information content (AvgIpc) is 2.68. The van der Waals surface area contributed by atoms with Crippen LogP contribution < -0.4 is 21.3 Å². The van der Waals surface area contributed by atoms with E-state index in [1.807, 2.05) is 51.1 Å². The van der Waals surface area contributed by atoms with Crippen LogP contribution in [0.15, 0.2) is 30.3 Å². The Morgan fingerprint density at radius 1 is 0.967 bits per heavy atom. The number of rotatable bonds is 5. The molecule has 1 fully saturated rings. The van der Waals surface area contributed by atoms with Crippen molar-refractivity contribution in [2.45, 2.75) is 32.4 Å². The van der Waals surface area contributed by atoms with Gasteiger partial charge in [-0.25, -0.2) is 0 Å². The Morgan fingerprint density at radius 3 is 2.03 bits per heavy atom. The zero-order chi connectivity index (χ0) is 21.8. The normalized spacial score (nSPS) is 18.5. The maximum absolute atomic E-state index is 13.2. The van der Waals surface area contributed by atoms with Crippen LogP contribution in [0, 0.1) is 0 Å². The lowest BCUT2D eigenvalue weighted by molar-refractivity contribution is -0.154. The average molecular weight is 420 g/mol. The van der Waals surface area contributed by atoms with Gasteiger partial charge in [0.1, 0.15) is 18.2 Å². The summed E-state index contributed by atoms with van der Waals surface area (Å²) in [7, 11) is 0. The second kappa shape index (κ2) is 12.6. The molecule has 0 spiro atoms. The molecule has 0 bridgehead atoms. The molecule has 4 N–H and O–H groups in total. The third-order valence-corrected chi connectivity index (χ3v) is 4.66. The fourth-order valence-corrected chi connectivity index (χ4v) is 3.34. The summed E-state index contributed by atoms with van der Waals surface area (Å²) < 4.78 is 5.32. The number of carbonyl (C=O) groups is 2. The highest BCUT2D eigenvalue weighted by Crippen LogP contribution is 2.20. The van der Waals surface area contributed by atoms with E-state index in [0.29, 0.717) is 0 Å². The molecule has 1 heterocycles. The number of ether oxygens (including phenoxy) is 1. The van der Waals surface area contributed by atoms with Crippen LogP contribution >= 0.6 is 0 Å². The van der Waals surface area contributed by atoms with Crippen LogP contribution in [0.5, 0.6) is 0 Å². The van der Waals surface area contributed by atoms with Crippen LogP contribution in [-0.4, -0.2) is 81.3 Å². The summed E-state index contributed by atoms with van der Waals surface area (Å²) in [6, 6.07) is 9.24. The Morgan fingerprint density at radius 2 is 1.50 bits per heavy atom. The summed E-state index contributed by atoms with van der Waals surface area (Å²) in [5.74, 6) is -0.631. The van der Waals surface area contributed by atoms with Gasteiger partial charge in [-0.05, 0) is 26.3 Å². The molecule has 1 saturated heterocycles. The van der Waals surface area contributed by atoms with E-state index >= 15 is 0 Å². The van der Waals surface area contributed by atoms with Gasteiger partial charge in [-0.15, -0.1) is 0 Å². The predicted octanol–water partition coefficient (Wildman–Crippen LogP) is 0.270. The summed E-state index contributed by atoms with van der Waals surface area (Å²) in [5.41, 5.74) is 0.331. The van der Waals surface area contributed by atoms with Gasteiger partial charge >= 0.3 is 5.97 Å². The number of nitrogens with zero attached hydrogens (tertiary/aromatic N) is 1. The summed E-state index contributed by atoms with van der Waals surface area (Å²) in [4.78, 5) is 27.4. The van der Waals surface area contributed by atoms with E-state index in [-0.39, 0.29) is 12.5 Å². The van der Waals surface area contributed by atoms with Gasteiger partial charge < -0.3 is 26.0 Å². The van der Waals surface area contributed by atoms with E-state index in [0.717, 1.165) is 57.9 Å². The smallest absolute Gasteiger partial charge is 0.325 e. The molecule has 1 atom stereocenters. The molecule has 8 heteroatoms. The first-order valence-electron chi connectivity index (χ1n) is 10.8. The van der Waals surface area contributed by atoms with Crippen molar-refractivity contribution in [3.05, 3.63) is 35.9 Å². The molecule has 1 aliphatic heterocycles. The van der Waals surface area contributed by atoms with Gasteiger partial charge in [0.15, 0.2) is 0 Å². The van der Waals surface area contributed by atoms with Crippen molar-refractivity contribution < 1.29 is 14.3 Å². The van der Waals surface area contributed by atoms with Gasteiger partial charge in [0.2, 0.25) is 5.91 Å². The number of hydrogen-bond acceptors (Lipinski definition) is 7. The minimum Gasteiger partial charge on any atom is -0.459 e. The van der Waals surface area contributed by atoms with E-state index in [4.69, 9.17) is 4.74 Å². The van der Waals surface area contributed by atoms with Crippen molar-refractivity contribution in [3.8, 4) is 0 Å². The SMILES string of the molecule is CC(C)(C)OC(=O)CNC(=O)C(c1ccccc1)N1CCNCCNCCNCC1. The Hall–Kier alpha value is -2.00. The molecule has 168 valence electrons. The molecule has 0 aromatic heterocycles. The lowest BCUT2D eigenvalue weighted by Crippen LogP contribution is -2.48. The van der Waals surface area contributed by atoms with Crippen LogP contribution in [0.1, 0.15) is 32.4 Å². The number of esters is 1. The third-order valence-electron chi connectivity index (χ3n) is 4.66. The molecular formula is C22H37N5O3. The molecule has 1 aromatic carbocycles. The highest BCUT2D eigenvalue weighted by Gasteiger charge is 2.28. The Labute approximate surface area is 180 Å². The molecule has 1 aromatic rings. The lowest BCUT2D eigenvalue weighted by Gasteiger charge is -2.32. The predicted molar refractivity (Wildman–Crippen MR) is 118 cm³/mol. The van der Waals surface area contributed by atoms with Crippen molar-refractivity contribution >= 4 is 11.9 Å². The summed E-state index contributed by atoms with van der Waals surface area (Å²) in [6.07, 6.45) is 0. The first-order valence-corrected chi connectivity index (χ1v) is 10.8. The van der Waals surface area contributed by atoms with E-state index in [1.165, 1.54) is 0 Å². The molecule has 0 radical (unpaired) electrons. The van der Waals surface area contributed by atoms with Crippen LogP contribution in [-0.2, 0) is 14.3 Å². The minimum absolute atomic E-state index is 0.143. The molecule has 1 unspecified atom stereocenters. The van der Waals surface area contributed by atoms with Crippen molar-refractivity contribution in [2.75, 3.05) is 58.9 Å². The highest BCUT2D eigenvalue weighted by atomic mass is 16.6. The van der Waals surface area contributed by atoms with Crippen molar-refractivity contribution in [1.82, 2.24) is 26.2 Å². The molecule has 2 rings (SSSR count). The van der Waals surface area contributed by atoms with E-state index in [2.05, 4.69) is 26.2 Å². The fraction of sp³-hybridized carbons (Fsp3) is 0.636. The maximum atomic E-state index is 13.2. The molecule has 1 aliphatic rings. The van der Waals surface area contributed by atoms with Gasteiger partial charge in [-0.1, -0.05) is 30.3 Å². The first kappa shape index (κ1) is 24.3. The zero-order valence-electron chi connectivity index (χ0n) is 18.5. The van der Waals surface area contributed by atoms with Crippen LogP contribution in [0.4, 0.5) is 0 Å². The van der Waals surface area contributed by atoms with Crippen LogP contribution in [0.2, 0.25) is 0 Å². The maximum Gasteiger partial charge on any atom is 0.325 e. The molecule has 0 aliphatic carbocycles. The fourth-order valence-electron chi connectivity index (χ4n) is 3.34. The number of benzene rings is 1. The van der Waals surface area contributed by atoms with Crippen LogP contribution in [0.25, 0.3) is 0 Å². The zero-order valence-corrected chi connectivity index (χ0v) is 18.5. The number of hydrogen-bond donors (Lipinski definition) is 4. The van der Waals surface area contributed by atoms with Crippen molar-refractivity contribution in [2.24, 2.45) is 0 Å². The van der Waals surface area contributed by atoms with Gasteiger partial charge in [-0.3, -0.25) is 14.5 Å². The van der Waals surface area contributed by atoms with E-state index in [9.17, 15) is 9.59 Å². The quantitative estimate of drug-likeness (QED) is 0.509. The van der Waals surface area contributed by atoms with E-state index < -0.39 is 17.6 Å². The Bertz CT molecular complexity index is 636. The standard InChI is InChI=1S/C22H37N5O3/c1-22(2,3)30-19(28)17-26-21(29)20(18-7-5-4-6-8-18)27-15-13-24-11-9-23-10-12-25-14-16-27/h4-8,20,23-25H,9-17H2,1-3H3,(H,26,29). The topological polar surface area (TPSA) is 94.7 Å². The monoisotopic (exact) mass is 419 g/mol. The van der Waals surface area contributed by atoms with Gasteiger partial charge in [-0.2, -0.15) is 0 Å². The van der Waals surface area contributed by atoms with Crippen molar-refractivity contribution in [1.29, 1.82) is 0 Å².